The van der Waals surface area contributed by atoms with Gasteiger partial charge in [-0.3, -0.25) is 4.90 Å². The molecule has 3 nitrogen and oxygen atoms in total. The van der Waals surface area contributed by atoms with Crippen molar-refractivity contribution >= 4 is 0 Å². The Balaban J connectivity index is 2.56. The van der Waals surface area contributed by atoms with E-state index in [1.807, 2.05) is 6.92 Å². The summed E-state index contributed by atoms with van der Waals surface area (Å²) in [6.45, 7) is 5.82. The molecule has 2 N–H and O–H groups in total. The molecule has 0 saturated carbocycles. The van der Waals surface area contributed by atoms with E-state index in [9.17, 15) is 0 Å². The first kappa shape index (κ1) is 11.5. The maximum Gasteiger partial charge on any atom is 0.0666 e. The molecule has 80 valence electrons. The lowest BCUT2D eigenvalue weighted by molar-refractivity contribution is 0.0888. The maximum atomic E-state index is 8.80. The van der Waals surface area contributed by atoms with Crippen molar-refractivity contribution in [3.8, 4) is 6.07 Å². The summed E-state index contributed by atoms with van der Waals surface area (Å²) in [4.78, 5) is 2.41. The van der Waals surface area contributed by atoms with Crippen LogP contribution in [0.1, 0.15) is 33.1 Å². The molecular formula is C11H21N3. The van der Waals surface area contributed by atoms with E-state index in [1.54, 1.807) is 0 Å². The van der Waals surface area contributed by atoms with Crippen LogP contribution in [0.4, 0.5) is 0 Å². The molecule has 1 aliphatic heterocycles. The van der Waals surface area contributed by atoms with Crippen molar-refractivity contribution in [1.29, 1.82) is 5.26 Å². The zero-order chi connectivity index (χ0) is 10.6. The molecule has 0 bridgehead atoms. The minimum Gasteiger partial charge on any atom is -0.329 e. The summed E-state index contributed by atoms with van der Waals surface area (Å²) in [6, 6.07) is 3.38. The number of hydrogen-bond acceptors (Lipinski definition) is 3. The molecule has 0 aliphatic carbocycles. The molecule has 0 spiro atoms. The van der Waals surface area contributed by atoms with E-state index in [1.165, 1.54) is 19.3 Å². The second-order valence-corrected chi connectivity index (χ2v) is 4.40. The number of likely N-dealkylation sites (tertiary alicyclic amines) is 1. The first-order chi connectivity index (χ1) is 6.69. The number of piperidine rings is 1. The van der Waals surface area contributed by atoms with Crippen LogP contribution < -0.4 is 5.73 Å². The zero-order valence-electron chi connectivity index (χ0n) is 9.24. The minimum atomic E-state index is 0.115. The fraction of sp³-hybridized carbons (Fsp3) is 0.909. The Hall–Kier alpha value is -0.590. The molecule has 3 atom stereocenters. The van der Waals surface area contributed by atoms with Crippen LogP contribution in [-0.2, 0) is 0 Å². The van der Waals surface area contributed by atoms with Gasteiger partial charge in [0.15, 0.2) is 0 Å². The quantitative estimate of drug-likeness (QED) is 0.739. The Morgan fingerprint density at radius 1 is 1.57 bits per heavy atom. The highest BCUT2D eigenvalue weighted by Gasteiger charge is 2.27. The molecule has 1 heterocycles. The topological polar surface area (TPSA) is 53.0 Å². The van der Waals surface area contributed by atoms with Gasteiger partial charge in [0.05, 0.1) is 12.0 Å². The van der Waals surface area contributed by atoms with Crippen LogP contribution in [0.2, 0.25) is 0 Å². The third kappa shape index (κ3) is 2.70. The van der Waals surface area contributed by atoms with E-state index in [0.717, 1.165) is 13.1 Å². The Morgan fingerprint density at radius 3 is 2.86 bits per heavy atom. The monoisotopic (exact) mass is 195 g/mol. The molecule has 14 heavy (non-hydrogen) atoms. The van der Waals surface area contributed by atoms with Crippen LogP contribution in [0.25, 0.3) is 0 Å². The summed E-state index contributed by atoms with van der Waals surface area (Å²) < 4.78 is 0. The molecule has 3 unspecified atom stereocenters. The highest BCUT2D eigenvalue weighted by molar-refractivity contribution is 4.88. The molecule has 0 aromatic carbocycles. The van der Waals surface area contributed by atoms with Crippen LogP contribution in [0.3, 0.4) is 0 Å². The van der Waals surface area contributed by atoms with Gasteiger partial charge in [-0.25, -0.2) is 0 Å². The number of nitriles is 1. The Bertz CT molecular complexity index is 209. The second-order valence-electron chi connectivity index (χ2n) is 4.40. The Morgan fingerprint density at radius 2 is 2.29 bits per heavy atom. The van der Waals surface area contributed by atoms with Crippen molar-refractivity contribution in [2.75, 3.05) is 13.1 Å². The van der Waals surface area contributed by atoms with E-state index in [4.69, 9.17) is 11.0 Å². The van der Waals surface area contributed by atoms with Crippen molar-refractivity contribution in [3.63, 3.8) is 0 Å². The Kier molecular flexibility index (Phi) is 4.37. The van der Waals surface area contributed by atoms with Crippen LogP contribution in [0, 0.1) is 17.2 Å². The molecule has 0 aromatic heterocycles. The maximum absolute atomic E-state index is 8.80. The van der Waals surface area contributed by atoms with E-state index < -0.39 is 0 Å². The standard InChI is InChI=1S/C11H21N3/c1-9(6-12)8-14-10(2)4-3-5-11(14)7-13/h9-11H,3-5,7-8,13H2,1-2H3. The number of hydrogen-bond donors (Lipinski definition) is 1. The molecule has 0 amide bonds. The molecule has 1 saturated heterocycles. The lowest BCUT2D eigenvalue weighted by Crippen LogP contribution is -2.50. The summed E-state index contributed by atoms with van der Waals surface area (Å²) >= 11 is 0. The summed E-state index contributed by atoms with van der Waals surface area (Å²) in [5.41, 5.74) is 5.75. The van der Waals surface area contributed by atoms with Gasteiger partial charge < -0.3 is 5.73 Å². The van der Waals surface area contributed by atoms with E-state index in [0.29, 0.717) is 12.1 Å². The Labute approximate surface area is 86.9 Å². The van der Waals surface area contributed by atoms with E-state index >= 15 is 0 Å². The van der Waals surface area contributed by atoms with Gasteiger partial charge in [0.2, 0.25) is 0 Å². The lowest BCUT2D eigenvalue weighted by atomic mass is 9.95. The number of nitrogens with two attached hydrogens (primary N) is 1. The summed E-state index contributed by atoms with van der Waals surface area (Å²) in [6.07, 6.45) is 3.72. The first-order valence-corrected chi connectivity index (χ1v) is 5.54. The zero-order valence-corrected chi connectivity index (χ0v) is 9.24. The van der Waals surface area contributed by atoms with Crippen LogP contribution in [0.15, 0.2) is 0 Å². The predicted octanol–water partition coefficient (Wildman–Crippen LogP) is 1.35. The van der Waals surface area contributed by atoms with E-state index in [2.05, 4.69) is 17.9 Å². The van der Waals surface area contributed by atoms with Crippen molar-refractivity contribution in [2.24, 2.45) is 11.7 Å². The fourth-order valence-corrected chi connectivity index (χ4v) is 2.28. The summed E-state index contributed by atoms with van der Waals surface area (Å²) in [7, 11) is 0. The third-order valence-corrected chi connectivity index (χ3v) is 3.17. The normalized spacial score (nSPS) is 31.0. The summed E-state index contributed by atoms with van der Waals surface area (Å²) in [5, 5.41) is 8.80. The molecule has 1 rings (SSSR count). The van der Waals surface area contributed by atoms with Crippen molar-refractivity contribution in [2.45, 2.75) is 45.2 Å². The van der Waals surface area contributed by atoms with E-state index in [-0.39, 0.29) is 5.92 Å². The van der Waals surface area contributed by atoms with Gasteiger partial charge in [-0.15, -0.1) is 0 Å². The van der Waals surface area contributed by atoms with Crippen molar-refractivity contribution < 1.29 is 0 Å². The first-order valence-electron chi connectivity index (χ1n) is 5.54. The highest BCUT2D eigenvalue weighted by atomic mass is 15.2. The van der Waals surface area contributed by atoms with Gasteiger partial charge in [0.1, 0.15) is 0 Å². The molecule has 0 radical (unpaired) electrons. The van der Waals surface area contributed by atoms with Crippen LogP contribution >= 0.6 is 0 Å². The average Bonchev–Trinajstić information content (AvgIpc) is 2.20. The highest BCUT2D eigenvalue weighted by Crippen LogP contribution is 2.22. The fourth-order valence-electron chi connectivity index (χ4n) is 2.28. The lowest BCUT2D eigenvalue weighted by Gasteiger charge is -2.40. The summed E-state index contributed by atoms with van der Waals surface area (Å²) in [5.74, 6) is 0.115. The molecule has 0 aromatic rings. The number of nitrogens with zero attached hydrogens (tertiary/aromatic N) is 2. The SMILES string of the molecule is CC(C#N)CN1C(C)CCCC1CN. The molecule has 3 heteroatoms. The third-order valence-electron chi connectivity index (χ3n) is 3.17. The molecule has 1 fully saturated rings. The average molecular weight is 195 g/mol. The van der Waals surface area contributed by atoms with Gasteiger partial charge >= 0.3 is 0 Å². The number of rotatable bonds is 3. The van der Waals surface area contributed by atoms with Gasteiger partial charge in [-0.1, -0.05) is 6.42 Å². The van der Waals surface area contributed by atoms with Gasteiger partial charge in [0, 0.05) is 25.2 Å². The van der Waals surface area contributed by atoms with Crippen LogP contribution in [-0.4, -0.2) is 30.1 Å². The smallest absolute Gasteiger partial charge is 0.0666 e. The minimum absolute atomic E-state index is 0.115. The largest absolute Gasteiger partial charge is 0.329 e. The van der Waals surface area contributed by atoms with Gasteiger partial charge in [-0.05, 0) is 26.7 Å². The van der Waals surface area contributed by atoms with Gasteiger partial charge in [0.25, 0.3) is 0 Å². The predicted molar refractivity (Wildman–Crippen MR) is 57.6 cm³/mol. The van der Waals surface area contributed by atoms with Crippen molar-refractivity contribution in [1.82, 2.24) is 4.90 Å². The van der Waals surface area contributed by atoms with Crippen LogP contribution in [0.5, 0.6) is 0 Å². The van der Waals surface area contributed by atoms with Crippen molar-refractivity contribution in [3.05, 3.63) is 0 Å². The van der Waals surface area contributed by atoms with Gasteiger partial charge in [-0.2, -0.15) is 5.26 Å². The second kappa shape index (κ2) is 5.33. The molecular weight excluding hydrogens is 174 g/mol. The molecule has 1 aliphatic rings.